The molecule has 2 rings (SSSR count). The summed E-state index contributed by atoms with van der Waals surface area (Å²) in [6.45, 7) is 15.9. The molecule has 2 heteroatoms. The van der Waals surface area contributed by atoms with Crippen molar-refractivity contribution in [3.05, 3.63) is 53.6 Å². The van der Waals surface area contributed by atoms with Crippen LogP contribution in [0.15, 0.2) is 48.1 Å². The maximum Gasteiger partial charge on any atom is 0.122 e. The standard InChI is InChI=1S/C13H20O.C9H14.C4H10O/c1-13(2,3)10-9-11-7-5-6-8-12(11)14-4;1-8-5-4-6-9(2,3)7-8;1-2-3-4-5/h5-8H,9-10H2,1-4H3;4-6H,7H2,1-3H3;5H,2-4H2,1H3. The molecule has 2 nitrogen and oxygen atoms in total. The lowest BCUT2D eigenvalue weighted by atomic mass is 9.83. The van der Waals surface area contributed by atoms with Gasteiger partial charge in [0.1, 0.15) is 5.75 Å². The molecule has 0 fully saturated rings. The Hall–Kier alpha value is -1.54. The molecule has 1 aliphatic rings. The van der Waals surface area contributed by atoms with Crippen molar-refractivity contribution >= 4 is 0 Å². The van der Waals surface area contributed by atoms with Crippen molar-refractivity contribution in [2.75, 3.05) is 13.7 Å². The number of benzene rings is 1. The van der Waals surface area contributed by atoms with E-state index in [2.05, 4.69) is 78.8 Å². The van der Waals surface area contributed by atoms with Crippen LogP contribution in [0.4, 0.5) is 0 Å². The summed E-state index contributed by atoms with van der Waals surface area (Å²) in [6, 6.07) is 8.25. The van der Waals surface area contributed by atoms with E-state index in [-0.39, 0.29) is 0 Å². The number of hydrogen-bond donors (Lipinski definition) is 1. The molecule has 0 aromatic heterocycles. The van der Waals surface area contributed by atoms with Crippen LogP contribution in [0.2, 0.25) is 0 Å². The minimum atomic E-state index is 0.344. The molecule has 0 bridgehead atoms. The van der Waals surface area contributed by atoms with Gasteiger partial charge < -0.3 is 9.84 Å². The van der Waals surface area contributed by atoms with Crippen LogP contribution in [0.3, 0.4) is 0 Å². The molecule has 0 unspecified atom stereocenters. The van der Waals surface area contributed by atoms with Crippen molar-refractivity contribution in [1.82, 2.24) is 0 Å². The number of unbranched alkanes of at least 4 members (excludes halogenated alkanes) is 1. The van der Waals surface area contributed by atoms with Gasteiger partial charge in [0.05, 0.1) is 7.11 Å². The van der Waals surface area contributed by atoms with Crippen LogP contribution >= 0.6 is 0 Å². The Morgan fingerprint density at radius 1 is 1.14 bits per heavy atom. The summed E-state index contributed by atoms with van der Waals surface area (Å²) in [4.78, 5) is 0. The molecule has 0 heterocycles. The number of para-hydroxylation sites is 1. The first-order valence-corrected chi connectivity index (χ1v) is 10.6. The number of aryl methyl sites for hydroxylation is 1. The first kappa shape index (κ1) is 26.5. The molecule has 0 amide bonds. The van der Waals surface area contributed by atoms with Crippen LogP contribution in [-0.2, 0) is 6.42 Å². The Morgan fingerprint density at radius 2 is 1.79 bits per heavy atom. The van der Waals surface area contributed by atoms with E-state index in [1.807, 2.05) is 12.1 Å². The number of allylic oxidation sites excluding steroid dienone is 4. The molecular formula is C26H44O2. The molecule has 0 aliphatic heterocycles. The van der Waals surface area contributed by atoms with Gasteiger partial charge in [0.2, 0.25) is 0 Å². The Kier molecular flexibility index (Phi) is 12.9. The highest BCUT2D eigenvalue weighted by atomic mass is 16.5. The van der Waals surface area contributed by atoms with Crippen LogP contribution in [0.25, 0.3) is 0 Å². The predicted octanol–water partition coefficient (Wildman–Crippen LogP) is 7.37. The zero-order valence-electron chi connectivity index (χ0n) is 19.6. The van der Waals surface area contributed by atoms with Crippen LogP contribution in [0, 0.1) is 10.8 Å². The molecule has 1 aliphatic carbocycles. The monoisotopic (exact) mass is 388 g/mol. The number of aliphatic hydroxyl groups is 1. The molecule has 0 saturated carbocycles. The van der Waals surface area contributed by atoms with Crippen molar-refractivity contribution in [2.45, 2.75) is 80.6 Å². The summed E-state index contributed by atoms with van der Waals surface area (Å²) in [5.74, 6) is 1.01. The summed E-state index contributed by atoms with van der Waals surface area (Å²) < 4.78 is 5.31. The molecule has 28 heavy (non-hydrogen) atoms. The Labute approximate surface area is 174 Å². The average Bonchev–Trinajstić information content (AvgIpc) is 2.60. The van der Waals surface area contributed by atoms with Crippen LogP contribution in [0.1, 0.15) is 79.7 Å². The smallest absolute Gasteiger partial charge is 0.122 e. The second-order valence-electron chi connectivity index (χ2n) is 9.49. The predicted molar refractivity (Wildman–Crippen MR) is 124 cm³/mol. The Balaban J connectivity index is 0.000000445. The summed E-state index contributed by atoms with van der Waals surface area (Å²) in [7, 11) is 1.73. The van der Waals surface area contributed by atoms with E-state index >= 15 is 0 Å². The van der Waals surface area contributed by atoms with Crippen LogP contribution in [0.5, 0.6) is 5.75 Å². The van der Waals surface area contributed by atoms with Gasteiger partial charge in [-0.15, -0.1) is 0 Å². The second kappa shape index (κ2) is 13.6. The highest BCUT2D eigenvalue weighted by Gasteiger charge is 2.15. The van der Waals surface area contributed by atoms with Gasteiger partial charge >= 0.3 is 0 Å². The van der Waals surface area contributed by atoms with Crippen molar-refractivity contribution in [3.8, 4) is 5.75 Å². The second-order valence-corrected chi connectivity index (χ2v) is 9.49. The molecule has 160 valence electrons. The molecular weight excluding hydrogens is 344 g/mol. The minimum Gasteiger partial charge on any atom is -0.496 e. The Morgan fingerprint density at radius 3 is 2.18 bits per heavy atom. The normalized spacial score (nSPS) is 14.8. The van der Waals surface area contributed by atoms with E-state index in [4.69, 9.17) is 9.84 Å². The van der Waals surface area contributed by atoms with Crippen molar-refractivity contribution in [1.29, 1.82) is 0 Å². The molecule has 0 saturated heterocycles. The fourth-order valence-corrected chi connectivity index (χ4v) is 2.89. The molecule has 1 aromatic rings. The number of rotatable bonds is 5. The first-order valence-electron chi connectivity index (χ1n) is 10.6. The number of ether oxygens (including phenoxy) is 1. The maximum atomic E-state index is 8.07. The fraction of sp³-hybridized carbons (Fsp3) is 0.615. The van der Waals surface area contributed by atoms with Gasteiger partial charge in [0.15, 0.2) is 0 Å². The van der Waals surface area contributed by atoms with Gasteiger partial charge in [-0.05, 0) is 55.1 Å². The van der Waals surface area contributed by atoms with Crippen LogP contribution in [-0.4, -0.2) is 18.8 Å². The summed E-state index contributed by atoms with van der Waals surface area (Å²) in [6.07, 6.45) is 12.1. The third-order valence-corrected chi connectivity index (χ3v) is 4.51. The fourth-order valence-electron chi connectivity index (χ4n) is 2.89. The topological polar surface area (TPSA) is 29.5 Å². The van der Waals surface area contributed by atoms with E-state index in [0.29, 0.717) is 17.4 Å². The number of methoxy groups -OCH3 is 1. The van der Waals surface area contributed by atoms with Gasteiger partial charge in [-0.3, -0.25) is 0 Å². The molecule has 0 atom stereocenters. The average molecular weight is 389 g/mol. The van der Waals surface area contributed by atoms with Gasteiger partial charge in [0, 0.05) is 6.61 Å². The van der Waals surface area contributed by atoms with E-state index in [1.165, 1.54) is 24.0 Å². The van der Waals surface area contributed by atoms with Gasteiger partial charge in [-0.2, -0.15) is 0 Å². The Bertz CT molecular complexity index is 587. The van der Waals surface area contributed by atoms with Crippen LogP contribution < -0.4 is 4.74 Å². The van der Waals surface area contributed by atoms with E-state index in [0.717, 1.165) is 25.0 Å². The summed E-state index contributed by atoms with van der Waals surface area (Å²) in [5.41, 5.74) is 3.59. The lowest BCUT2D eigenvalue weighted by Gasteiger charge is -2.22. The zero-order chi connectivity index (χ0) is 21.6. The quantitative estimate of drug-likeness (QED) is 0.570. The molecule has 1 N–H and O–H groups in total. The van der Waals surface area contributed by atoms with Crippen molar-refractivity contribution < 1.29 is 9.84 Å². The summed E-state index contributed by atoms with van der Waals surface area (Å²) in [5, 5.41) is 8.07. The lowest BCUT2D eigenvalue weighted by molar-refractivity contribution is 0.287. The third-order valence-electron chi connectivity index (χ3n) is 4.51. The van der Waals surface area contributed by atoms with Crippen molar-refractivity contribution in [3.63, 3.8) is 0 Å². The molecule has 1 aromatic carbocycles. The van der Waals surface area contributed by atoms with E-state index < -0.39 is 0 Å². The van der Waals surface area contributed by atoms with E-state index in [1.54, 1.807) is 7.11 Å². The number of aliphatic hydroxyl groups excluding tert-OH is 1. The van der Waals surface area contributed by atoms with Gasteiger partial charge in [-0.25, -0.2) is 0 Å². The largest absolute Gasteiger partial charge is 0.496 e. The lowest BCUT2D eigenvalue weighted by Crippen LogP contribution is -2.09. The zero-order valence-corrected chi connectivity index (χ0v) is 19.6. The number of hydrogen-bond acceptors (Lipinski definition) is 2. The van der Waals surface area contributed by atoms with E-state index in [9.17, 15) is 0 Å². The first-order chi connectivity index (χ1) is 13.0. The third kappa shape index (κ3) is 13.6. The van der Waals surface area contributed by atoms with Crippen molar-refractivity contribution in [2.24, 2.45) is 10.8 Å². The minimum absolute atomic E-state index is 0.344. The SMILES string of the molecule is CC1=CC=CC(C)(C)C1.CCCCO.COc1ccccc1CCC(C)(C)C. The highest BCUT2D eigenvalue weighted by molar-refractivity contribution is 5.33. The molecule has 0 spiro atoms. The summed E-state index contributed by atoms with van der Waals surface area (Å²) >= 11 is 0. The van der Waals surface area contributed by atoms with Gasteiger partial charge in [-0.1, -0.05) is 90.0 Å². The molecule has 0 radical (unpaired) electrons. The highest BCUT2D eigenvalue weighted by Crippen LogP contribution is 2.29. The van der Waals surface area contributed by atoms with Gasteiger partial charge in [0.25, 0.3) is 0 Å². The maximum absolute atomic E-state index is 8.07.